The molecule has 0 amide bonds. The van der Waals surface area contributed by atoms with Crippen molar-refractivity contribution in [3.63, 3.8) is 0 Å². The lowest BCUT2D eigenvalue weighted by Gasteiger charge is -2.10. The Labute approximate surface area is 172 Å². The van der Waals surface area contributed by atoms with Gasteiger partial charge in [-0.1, -0.05) is 94.8 Å². The molecule has 2 heterocycles. The van der Waals surface area contributed by atoms with Crippen LogP contribution in [-0.2, 0) is 0 Å². The van der Waals surface area contributed by atoms with Gasteiger partial charge in [0, 0.05) is 33.6 Å². The number of fused-ring (bicyclic) bond motifs is 1. The van der Waals surface area contributed by atoms with Crippen molar-refractivity contribution in [3.05, 3.63) is 108 Å². The highest BCUT2D eigenvalue weighted by Crippen LogP contribution is 2.34. The number of nitrogens with zero attached hydrogens (tertiary/aromatic N) is 2. The minimum Gasteiger partial charge on any atom is -0.305 e. The van der Waals surface area contributed by atoms with Crippen LogP contribution in [0.3, 0.4) is 0 Å². The molecule has 0 bridgehead atoms. The molecule has 0 spiro atoms. The van der Waals surface area contributed by atoms with Gasteiger partial charge in [0.15, 0.2) is 0 Å². The van der Waals surface area contributed by atoms with Crippen molar-refractivity contribution in [2.24, 2.45) is 0 Å². The van der Waals surface area contributed by atoms with Gasteiger partial charge >= 0.3 is 0 Å². The van der Waals surface area contributed by atoms with Gasteiger partial charge < -0.3 is 4.40 Å². The Morgan fingerprint density at radius 2 is 1.25 bits per heavy atom. The quantitative estimate of drug-likeness (QED) is 0.301. The fourth-order valence-electron chi connectivity index (χ4n) is 3.52. The number of pyridine rings is 1. The second-order valence-electron chi connectivity index (χ2n) is 6.71. The van der Waals surface area contributed by atoms with Crippen LogP contribution >= 0.6 is 15.9 Å². The number of benzene rings is 3. The van der Waals surface area contributed by atoms with Crippen LogP contribution in [0.1, 0.15) is 0 Å². The maximum absolute atomic E-state index is 4.97. The summed E-state index contributed by atoms with van der Waals surface area (Å²) in [7, 11) is 0. The zero-order valence-corrected chi connectivity index (χ0v) is 16.7. The first-order valence-electron chi connectivity index (χ1n) is 9.18. The molecular formula is C25H17BrN2. The molecule has 3 aromatic carbocycles. The molecule has 0 aliphatic carbocycles. The van der Waals surface area contributed by atoms with E-state index in [9.17, 15) is 0 Å². The van der Waals surface area contributed by atoms with Gasteiger partial charge in [-0.2, -0.15) is 0 Å². The van der Waals surface area contributed by atoms with Crippen LogP contribution in [0, 0.1) is 0 Å². The smallest absolute Gasteiger partial charge is 0.145 e. The van der Waals surface area contributed by atoms with E-state index in [0.29, 0.717) is 0 Å². The zero-order valence-electron chi connectivity index (χ0n) is 15.1. The number of rotatable bonds is 3. The minimum absolute atomic E-state index is 0.959. The molecular weight excluding hydrogens is 408 g/mol. The molecule has 5 rings (SSSR count). The molecule has 0 atom stereocenters. The van der Waals surface area contributed by atoms with E-state index >= 15 is 0 Å². The molecule has 0 fully saturated rings. The molecule has 2 aromatic heterocycles. The number of aromatic nitrogens is 2. The third-order valence-corrected chi connectivity index (χ3v) is 5.58. The highest BCUT2D eigenvalue weighted by atomic mass is 79.9. The molecule has 0 saturated carbocycles. The zero-order chi connectivity index (χ0) is 18.9. The normalized spacial score (nSPS) is 11.0. The summed E-state index contributed by atoms with van der Waals surface area (Å²) in [4.78, 5) is 4.97. The van der Waals surface area contributed by atoms with Gasteiger partial charge in [-0.15, -0.1) is 0 Å². The summed E-state index contributed by atoms with van der Waals surface area (Å²) in [6.45, 7) is 0. The largest absolute Gasteiger partial charge is 0.305 e. The molecule has 0 N–H and O–H groups in total. The predicted octanol–water partition coefficient (Wildman–Crippen LogP) is 7.10. The molecule has 3 heteroatoms. The first kappa shape index (κ1) is 17.0. The molecule has 0 unspecified atom stereocenters. The molecule has 28 heavy (non-hydrogen) atoms. The average molecular weight is 425 g/mol. The van der Waals surface area contributed by atoms with E-state index < -0.39 is 0 Å². The molecule has 0 aliphatic heterocycles. The predicted molar refractivity (Wildman–Crippen MR) is 119 cm³/mol. The number of hydrogen-bond acceptors (Lipinski definition) is 1. The maximum atomic E-state index is 4.97. The van der Waals surface area contributed by atoms with E-state index in [-0.39, 0.29) is 0 Å². The number of hydrogen-bond donors (Lipinski definition) is 0. The fourth-order valence-corrected chi connectivity index (χ4v) is 4.03. The van der Waals surface area contributed by atoms with E-state index in [4.69, 9.17) is 4.98 Å². The van der Waals surface area contributed by atoms with Crippen LogP contribution in [0.25, 0.3) is 39.2 Å². The summed E-state index contributed by atoms with van der Waals surface area (Å²) in [6, 6.07) is 31.3. The Kier molecular flexibility index (Phi) is 4.30. The second-order valence-corrected chi connectivity index (χ2v) is 7.57. The third kappa shape index (κ3) is 3.04. The lowest BCUT2D eigenvalue weighted by Crippen LogP contribution is -1.91. The van der Waals surface area contributed by atoms with Crippen molar-refractivity contribution in [1.29, 1.82) is 0 Å². The Bertz CT molecular complexity index is 1260. The second kappa shape index (κ2) is 7.10. The summed E-state index contributed by atoms with van der Waals surface area (Å²) in [5.74, 6) is 0. The summed E-state index contributed by atoms with van der Waals surface area (Å²) >= 11 is 3.69. The van der Waals surface area contributed by atoms with Gasteiger partial charge in [0.25, 0.3) is 0 Å². The molecule has 0 aliphatic rings. The third-order valence-electron chi connectivity index (χ3n) is 4.89. The van der Waals surface area contributed by atoms with Crippen LogP contribution in [-0.4, -0.2) is 9.38 Å². The maximum Gasteiger partial charge on any atom is 0.145 e. The number of imidazole rings is 1. The minimum atomic E-state index is 0.959. The topological polar surface area (TPSA) is 17.3 Å². The van der Waals surface area contributed by atoms with Gasteiger partial charge in [-0.3, -0.25) is 0 Å². The summed E-state index contributed by atoms with van der Waals surface area (Å²) < 4.78 is 3.22. The lowest BCUT2D eigenvalue weighted by atomic mass is 10.0. The molecule has 0 radical (unpaired) electrons. The molecule has 134 valence electrons. The van der Waals surface area contributed by atoms with E-state index in [1.807, 2.05) is 30.3 Å². The Balaban J connectivity index is 1.79. The van der Waals surface area contributed by atoms with Crippen LogP contribution in [0.5, 0.6) is 0 Å². The van der Waals surface area contributed by atoms with Crippen molar-refractivity contribution < 1.29 is 0 Å². The number of halogens is 1. The van der Waals surface area contributed by atoms with Crippen molar-refractivity contribution in [3.8, 4) is 33.5 Å². The van der Waals surface area contributed by atoms with Gasteiger partial charge in [-0.05, 0) is 23.3 Å². The Morgan fingerprint density at radius 1 is 0.607 bits per heavy atom. The average Bonchev–Trinajstić information content (AvgIpc) is 3.19. The summed E-state index contributed by atoms with van der Waals surface area (Å²) in [6.07, 6.45) is 4.26. The lowest BCUT2D eigenvalue weighted by molar-refractivity contribution is 1.19. The fraction of sp³-hybridized carbons (Fsp3) is 0. The van der Waals surface area contributed by atoms with Crippen LogP contribution in [0.4, 0.5) is 0 Å². The molecule has 2 nitrogen and oxygen atoms in total. The van der Waals surface area contributed by atoms with E-state index in [1.165, 1.54) is 0 Å². The molecule has 0 saturated heterocycles. The van der Waals surface area contributed by atoms with Crippen LogP contribution < -0.4 is 0 Å². The highest BCUT2D eigenvalue weighted by Gasteiger charge is 2.13. The molecule has 5 aromatic rings. The van der Waals surface area contributed by atoms with Gasteiger partial charge in [-0.25, -0.2) is 4.98 Å². The van der Waals surface area contributed by atoms with Crippen molar-refractivity contribution in [2.75, 3.05) is 0 Å². The van der Waals surface area contributed by atoms with E-state index in [1.54, 1.807) is 0 Å². The van der Waals surface area contributed by atoms with Crippen LogP contribution in [0.15, 0.2) is 108 Å². The van der Waals surface area contributed by atoms with Crippen molar-refractivity contribution in [1.82, 2.24) is 9.38 Å². The monoisotopic (exact) mass is 424 g/mol. The van der Waals surface area contributed by atoms with Crippen molar-refractivity contribution in [2.45, 2.75) is 0 Å². The van der Waals surface area contributed by atoms with Gasteiger partial charge in [0.1, 0.15) is 5.65 Å². The Hall–Kier alpha value is -3.17. The van der Waals surface area contributed by atoms with E-state index in [2.05, 4.69) is 93.4 Å². The summed E-state index contributed by atoms with van der Waals surface area (Å²) in [5.41, 5.74) is 7.64. The first-order chi connectivity index (χ1) is 13.8. The SMILES string of the molecule is Brc1ccccc1-c1cc(-c2ccccc2)c2nc(-c3ccccc3)cn2c1. The van der Waals surface area contributed by atoms with Crippen LogP contribution in [0.2, 0.25) is 0 Å². The van der Waals surface area contributed by atoms with Crippen molar-refractivity contribution >= 4 is 21.6 Å². The van der Waals surface area contributed by atoms with Gasteiger partial charge in [0.05, 0.1) is 5.69 Å². The van der Waals surface area contributed by atoms with Gasteiger partial charge in [0.2, 0.25) is 0 Å². The highest BCUT2D eigenvalue weighted by molar-refractivity contribution is 9.10. The van der Waals surface area contributed by atoms with E-state index in [0.717, 1.165) is 43.6 Å². The standard InChI is InChI=1S/C25H17BrN2/c26-23-14-8-7-13-21(23)20-15-22(18-9-3-1-4-10-18)25-27-24(17-28(25)16-20)19-11-5-2-6-12-19/h1-17H. The first-order valence-corrected chi connectivity index (χ1v) is 9.97. The summed E-state index contributed by atoms with van der Waals surface area (Å²) in [5, 5.41) is 0. The Morgan fingerprint density at radius 3 is 1.96 bits per heavy atom.